The van der Waals surface area contributed by atoms with E-state index in [1.165, 1.54) is 0 Å². The van der Waals surface area contributed by atoms with Crippen molar-refractivity contribution in [3.63, 3.8) is 0 Å². The average molecular weight is 542 g/mol. The van der Waals surface area contributed by atoms with E-state index in [-0.39, 0.29) is 11.5 Å². The minimum Gasteiger partial charge on any atom is -0.504 e. The summed E-state index contributed by atoms with van der Waals surface area (Å²) < 4.78 is 1.80. The maximum Gasteiger partial charge on any atom is 0.206 e. The highest BCUT2D eigenvalue weighted by atomic mass is 79.9. The van der Waals surface area contributed by atoms with Crippen molar-refractivity contribution in [2.45, 2.75) is 18.3 Å². The van der Waals surface area contributed by atoms with Crippen LogP contribution in [0, 0.1) is 0 Å². The topological polar surface area (TPSA) is 74.0 Å². The smallest absolute Gasteiger partial charge is 0.206 e. The van der Waals surface area contributed by atoms with Gasteiger partial charge in [0.1, 0.15) is 10.3 Å². The molecule has 3 aliphatic heterocycles. The first-order chi connectivity index (χ1) is 12.4. The molecule has 1 aliphatic carbocycles. The molecule has 1 aromatic rings. The molecule has 0 saturated heterocycles. The van der Waals surface area contributed by atoms with Gasteiger partial charge in [0.15, 0.2) is 5.75 Å². The number of nitrogens with one attached hydrogen (secondary N) is 1. The van der Waals surface area contributed by atoms with Crippen LogP contribution in [0.3, 0.4) is 0 Å². The highest BCUT2D eigenvalue weighted by molar-refractivity contribution is 9.18. The zero-order chi connectivity index (χ0) is 18.2. The first kappa shape index (κ1) is 16.9. The third-order valence-corrected chi connectivity index (χ3v) is 7.16. The average Bonchev–Trinajstić information content (AvgIpc) is 2.96. The summed E-state index contributed by atoms with van der Waals surface area (Å²) in [5, 5.41) is 16.1. The van der Waals surface area contributed by atoms with Gasteiger partial charge < -0.3 is 10.4 Å². The molecule has 0 unspecified atom stereocenters. The summed E-state index contributed by atoms with van der Waals surface area (Å²) >= 11 is 10.3. The van der Waals surface area contributed by atoms with Gasteiger partial charge in [0, 0.05) is 29.3 Å². The fourth-order valence-electron chi connectivity index (χ4n) is 4.21. The van der Waals surface area contributed by atoms with Gasteiger partial charge in [0.05, 0.1) is 20.0 Å². The highest BCUT2D eigenvalue weighted by Gasteiger charge is 2.42. The summed E-state index contributed by atoms with van der Waals surface area (Å²) in [6, 6.07) is 0. The van der Waals surface area contributed by atoms with Crippen molar-refractivity contribution < 1.29 is 9.90 Å². The molecule has 1 aromatic carbocycles. The number of carbonyl (C=O) groups excluding carboxylic acids is 1. The Hall–Kier alpha value is -1.25. The predicted octanol–water partition coefficient (Wildman–Crippen LogP) is 3.20. The maximum absolute atomic E-state index is 12.2. The number of hydrogen-bond acceptors (Lipinski definition) is 5. The Bertz CT molecular complexity index is 1110. The molecule has 1 spiro atoms. The zero-order valence-corrected chi connectivity index (χ0v) is 18.1. The van der Waals surface area contributed by atoms with Crippen LogP contribution in [0.1, 0.15) is 18.4 Å². The maximum atomic E-state index is 12.2. The molecule has 0 amide bonds. The Morgan fingerprint density at radius 3 is 2.65 bits per heavy atom. The molecule has 0 radical (unpaired) electrons. The van der Waals surface area contributed by atoms with Gasteiger partial charge in [-0.25, -0.2) is 4.99 Å². The quantitative estimate of drug-likeness (QED) is 0.496. The van der Waals surface area contributed by atoms with Crippen molar-refractivity contribution in [1.82, 2.24) is 0 Å². The van der Waals surface area contributed by atoms with E-state index >= 15 is 0 Å². The second-order valence-electron chi connectivity index (χ2n) is 6.71. The van der Waals surface area contributed by atoms with Crippen LogP contribution in [0.4, 0.5) is 11.4 Å². The molecule has 8 heteroatoms. The number of allylic oxidation sites excluding steroid dienone is 4. The van der Waals surface area contributed by atoms with E-state index in [4.69, 9.17) is 4.99 Å². The number of halogens is 3. The van der Waals surface area contributed by atoms with Crippen molar-refractivity contribution in [2.24, 2.45) is 9.98 Å². The van der Waals surface area contributed by atoms with Crippen molar-refractivity contribution in [3.8, 4) is 5.75 Å². The molecule has 0 fully saturated rings. The van der Waals surface area contributed by atoms with Crippen LogP contribution in [0.5, 0.6) is 5.75 Å². The van der Waals surface area contributed by atoms with E-state index in [1.807, 2.05) is 12.2 Å². The molecule has 0 aromatic heterocycles. The normalized spacial score (nSPS) is 22.0. The molecule has 4 aliphatic rings. The minimum atomic E-state index is -0.519. The van der Waals surface area contributed by atoms with E-state index < -0.39 is 5.41 Å². The number of anilines is 1. The lowest BCUT2D eigenvalue weighted by Gasteiger charge is -2.38. The third kappa shape index (κ3) is 2.09. The number of aromatic hydroxyl groups is 1. The predicted molar refractivity (Wildman–Crippen MR) is 112 cm³/mol. The minimum absolute atomic E-state index is 0.0787. The molecule has 0 bridgehead atoms. The van der Waals surface area contributed by atoms with Crippen LogP contribution in [0.2, 0.25) is 0 Å². The standard InChI is InChI=1S/C18H12Br3N3O2/c19-8-5-18(6-9(20)15(8)25)2-4-23-14-11(18)12-10-7(1-3-22-12)17(21)24-13(10)16(14)26/h5-6,23,26H,1-4H2. The van der Waals surface area contributed by atoms with Gasteiger partial charge in [0.25, 0.3) is 0 Å². The van der Waals surface area contributed by atoms with E-state index in [0.717, 1.165) is 39.2 Å². The number of phenolic OH excluding ortho intramolecular Hbond substituents is 1. The summed E-state index contributed by atoms with van der Waals surface area (Å²) in [5.41, 5.74) is 2.71. The third-order valence-electron chi connectivity index (χ3n) is 5.32. The number of benzene rings is 1. The van der Waals surface area contributed by atoms with Gasteiger partial charge in [-0.1, -0.05) is 12.2 Å². The molecule has 132 valence electrons. The molecule has 2 N–H and O–H groups in total. The van der Waals surface area contributed by atoms with Crippen LogP contribution in [-0.2, 0) is 10.2 Å². The van der Waals surface area contributed by atoms with Crippen LogP contribution >= 0.6 is 47.8 Å². The molecule has 3 heterocycles. The van der Waals surface area contributed by atoms with E-state index in [0.29, 0.717) is 33.4 Å². The molecule has 0 saturated carbocycles. The fraction of sp³-hybridized carbons (Fsp3) is 0.278. The van der Waals surface area contributed by atoms with Gasteiger partial charge >= 0.3 is 0 Å². The number of rotatable bonds is 0. The summed E-state index contributed by atoms with van der Waals surface area (Å²) in [7, 11) is 0. The number of fused-ring (bicyclic) bond motifs is 3. The number of nitrogens with zero attached hydrogens (tertiary/aromatic N) is 2. The van der Waals surface area contributed by atoms with Crippen molar-refractivity contribution >= 4 is 75.1 Å². The number of aliphatic imine (C=N–C) groups is 1. The van der Waals surface area contributed by atoms with Crippen molar-refractivity contribution in [3.05, 3.63) is 37.3 Å². The Balaban J connectivity index is 1.95. The van der Waals surface area contributed by atoms with Crippen LogP contribution in [0.25, 0.3) is 5.57 Å². The van der Waals surface area contributed by atoms with E-state index in [9.17, 15) is 9.90 Å². The first-order valence-corrected chi connectivity index (χ1v) is 10.6. The number of ketones is 1. The molecule has 0 atom stereocenters. The van der Waals surface area contributed by atoms with Crippen LogP contribution < -0.4 is 15.9 Å². The van der Waals surface area contributed by atoms with E-state index in [1.54, 1.807) is 0 Å². The monoisotopic (exact) mass is 539 g/mol. The number of Topliss-reactive ketones (excluding diaryl/α,β-unsaturated/α-hetero) is 1. The Morgan fingerprint density at radius 2 is 1.92 bits per heavy atom. The Kier molecular flexibility index (Phi) is 3.65. The second kappa shape index (κ2) is 5.62. The van der Waals surface area contributed by atoms with Gasteiger partial charge in [0.2, 0.25) is 5.78 Å². The Labute approximate surface area is 174 Å². The summed E-state index contributed by atoms with van der Waals surface area (Å²) in [6.45, 7) is 1.34. The molecule has 26 heavy (non-hydrogen) atoms. The summed E-state index contributed by atoms with van der Waals surface area (Å²) in [5.74, 6) is 0.0674. The number of hydrogen-bond donors (Lipinski definition) is 2. The number of phenols is 1. The molecular weight excluding hydrogens is 530 g/mol. The van der Waals surface area contributed by atoms with Crippen molar-refractivity contribution in [2.75, 3.05) is 18.4 Å². The lowest BCUT2D eigenvalue weighted by atomic mass is 9.71. The second-order valence-corrected chi connectivity index (χ2v) is 9.17. The van der Waals surface area contributed by atoms with Crippen molar-refractivity contribution in [1.29, 1.82) is 0 Å². The molecular formula is C18H12Br3N3O2. The summed E-state index contributed by atoms with van der Waals surface area (Å²) in [4.78, 5) is 21.6. The number of carbonyl (C=O) groups is 1. The van der Waals surface area contributed by atoms with Gasteiger partial charge in [-0.2, -0.15) is 0 Å². The largest absolute Gasteiger partial charge is 0.504 e. The van der Waals surface area contributed by atoms with E-state index in [2.05, 4.69) is 58.1 Å². The molecule has 5 rings (SSSR count). The lowest BCUT2D eigenvalue weighted by molar-refractivity contribution is -0.111. The molecule has 5 nitrogen and oxygen atoms in total. The van der Waals surface area contributed by atoms with Crippen LogP contribution in [0.15, 0.2) is 31.1 Å². The SMILES string of the molecule is O=C1C(Br)=CC2(C=C1Br)CCNc1c(O)c3c4c(c12)=NCCC=4C(Br)=N3. The lowest BCUT2D eigenvalue weighted by Crippen LogP contribution is -2.45. The zero-order valence-electron chi connectivity index (χ0n) is 13.4. The summed E-state index contributed by atoms with van der Waals surface area (Å²) in [6.07, 6.45) is 5.43. The van der Waals surface area contributed by atoms with Gasteiger partial charge in [-0.3, -0.25) is 9.79 Å². The van der Waals surface area contributed by atoms with Gasteiger partial charge in [-0.05, 0) is 66.2 Å². The highest BCUT2D eigenvalue weighted by Crippen LogP contribution is 2.48. The first-order valence-electron chi connectivity index (χ1n) is 8.20. The fourth-order valence-corrected chi connectivity index (χ4v) is 6.30. The Morgan fingerprint density at radius 1 is 1.19 bits per heavy atom. The van der Waals surface area contributed by atoms with Gasteiger partial charge in [-0.15, -0.1) is 0 Å². The van der Waals surface area contributed by atoms with Crippen LogP contribution in [-0.4, -0.2) is 28.6 Å².